The van der Waals surface area contributed by atoms with E-state index in [9.17, 15) is 14.6 Å². The number of phenolic OH excluding ortho intramolecular Hbond substituents is 2. The summed E-state index contributed by atoms with van der Waals surface area (Å²) in [6.45, 7) is 13.8. The zero-order valence-corrected chi connectivity index (χ0v) is 22.2. The average molecular weight is 507 g/mol. The number of anilines is 1. The van der Waals surface area contributed by atoms with Crippen LogP contribution < -0.4 is 11.5 Å². The molecule has 0 amide bonds. The normalized spacial score (nSPS) is 16.9. The molecule has 2 atom stereocenters. The van der Waals surface area contributed by atoms with Gasteiger partial charge in [0.25, 0.3) is 0 Å². The van der Waals surface area contributed by atoms with Crippen LogP contribution in [0.15, 0.2) is 66.5 Å². The van der Waals surface area contributed by atoms with Crippen molar-refractivity contribution in [2.24, 2.45) is 11.7 Å². The molecule has 37 heavy (non-hydrogen) atoms. The van der Waals surface area contributed by atoms with Gasteiger partial charge in [-0.3, -0.25) is 0 Å². The summed E-state index contributed by atoms with van der Waals surface area (Å²) in [4.78, 5) is 6.70. The maximum atomic E-state index is 13.9. The van der Waals surface area contributed by atoms with Gasteiger partial charge in [-0.2, -0.15) is 0 Å². The van der Waals surface area contributed by atoms with Crippen LogP contribution in [0.3, 0.4) is 0 Å². The molecule has 7 heteroatoms. The summed E-state index contributed by atoms with van der Waals surface area (Å²) in [7, 11) is 0. The fraction of sp³-hybridized carbons (Fsp3) is 0.367. The summed E-state index contributed by atoms with van der Waals surface area (Å²) < 4.78 is 13.9. The molecule has 1 fully saturated rings. The predicted octanol–water partition coefficient (Wildman–Crippen LogP) is 5.65. The fourth-order valence-electron chi connectivity index (χ4n) is 4.69. The van der Waals surface area contributed by atoms with E-state index >= 15 is 0 Å². The molecule has 2 heterocycles. The third-order valence-electron chi connectivity index (χ3n) is 7.12. The van der Waals surface area contributed by atoms with Crippen LogP contribution in [0.1, 0.15) is 56.7 Å². The number of likely N-dealkylation sites (tertiary alicyclic amines) is 1. The Bertz CT molecular complexity index is 1230. The quantitative estimate of drug-likeness (QED) is 0.310. The van der Waals surface area contributed by atoms with Crippen molar-refractivity contribution in [3.8, 4) is 11.5 Å². The van der Waals surface area contributed by atoms with Crippen molar-refractivity contribution >= 4 is 11.4 Å². The standard InChI is InChI=1S/C30H39FN4O2/c1-6-8-26(35-16-24(32)17-35)18(3)9-10-21(7-2)23-14-22(30(33)34-15-23)13-19(4)20(5)28-27(36)12-11-25(31)29(28)37/h7-12,14-15,19-20,24,36-37H,2,6,13,16-17,32H2,1,3-5H3,(H2,33,34)/b18-9+,21-10+,26-8+. The Balaban J connectivity index is 1.85. The van der Waals surface area contributed by atoms with Gasteiger partial charge in [-0.25, -0.2) is 9.37 Å². The molecule has 1 saturated heterocycles. The lowest BCUT2D eigenvalue weighted by Crippen LogP contribution is -2.54. The van der Waals surface area contributed by atoms with E-state index in [0.29, 0.717) is 12.2 Å². The van der Waals surface area contributed by atoms with Gasteiger partial charge < -0.3 is 26.6 Å². The van der Waals surface area contributed by atoms with Crippen molar-refractivity contribution in [1.82, 2.24) is 9.88 Å². The first-order chi connectivity index (χ1) is 17.6. The van der Waals surface area contributed by atoms with Gasteiger partial charge in [-0.15, -0.1) is 0 Å². The van der Waals surface area contributed by atoms with Gasteiger partial charge in [0.1, 0.15) is 11.6 Å². The molecule has 0 saturated carbocycles. The van der Waals surface area contributed by atoms with E-state index < -0.39 is 11.6 Å². The maximum absolute atomic E-state index is 13.9. The molecule has 1 aliphatic heterocycles. The lowest BCUT2D eigenvalue weighted by molar-refractivity contribution is 0.204. The van der Waals surface area contributed by atoms with Crippen LogP contribution >= 0.6 is 0 Å². The molecule has 6 nitrogen and oxygen atoms in total. The third-order valence-corrected chi connectivity index (χ3v) is 7.12. The third kappa shape index (κ3) is 6.41. The summed E-state index contributed by atoms with van der Waals surface area (Å²) in [6, 6.07) is 4.53. The molecular formula is C30H39FN4O2. The van der Waals surface area contributed by atoms with Crippen LogP contribution in [-0.4, -0.2) is 39.2 Å². The van der Waals surface area contributed by atoms with E-state index in [0.717, 1.165) is 47.8 Å². The van der Waals surface area contributed by atoms with Gasteiger partial charge in [0, 0.05) is 42.2 Å². The minimum absolute atomic E-state index is 0.0686. The van der Waals surface area contributed by atoms with Crippen LogP contribution in [0.25, 0.3) is 5.57 Å². The van der Waals surface area contributed by atoms with Crippen LogP contribution in [0, 0.1) is 11.7 Å². The van der Waals surface area contributed by atoms with Crippen molar-refractivity contribution < 1.29 is 14.6 Å². The Hall–Kier alpha value is -3.58. The Morgan fingerprint density at radius 3 is 2.59 bits per heavy atom. The Morgan fingerprint density at radius 2 is 1.97 bits per heavy atom. The second kappa shape index (κ2) is 12.1. The summed E-state index contributed by atoms with van der Waals surface area (Å²) in [5.74, 6) is -1.39. The molecule has 3 rings (SSSR count). The number of halogens is 1. The zero-order valence-electron chi connectivity index (χ0n) is 22.2. The highest BCUT2D eigenvalue weighted by Crippen LogP contribution is 2.40. The lowest BCUT2D eigenvalue weighted by atomic mass is 9.83. The van der Waals surface area contributed by atoms with Crippen LogP contribution in [0.2, 0.25) is 0 Å². The lowest BCUT2D eigenvalue weighted by Gasteiger charge is -2.41. The number of phenols is 2. The van der Waals surface area contributed by atoms with E-state index in [1.165, 1.54) is 11.8 Å². The van der Waals surface area contributed by atoms with Gasteiger partial charge in [0.05, 0.1) is 0 Å². The van der Waals surface area contributed by atoms with E-state index in [-0.39, 0.29) is 29.2 Å². The Morgan fingerprint density at radius 1 is 1.27 bits per heavy atom. The smallest absolute Gasteiger partial charge is 0.165 e. The number of aromatic hydroxyl groups is 2. The predicted molar refractivity (Wildman–Crippen MR) is 150 cm³/mol. The molecule has 0 spiro atoms. The van der Waals surface area contributed by atoms with Gasteiger partial charge in [0.15, 0.2) is 11.6 Å². The van der Waals surface area contributed by atoms with E-state index in [1.54, 1.807) is 12.3 Å². The SMILES string of the molecule is C=C\C(=C/C=C(C)/C(=C\CC)N1CC(N)C1)c1cnc(N)c(CC(C)C(C)c2c(O)ccc(F)c2O)c1. The molecule has 2 aromatic rings. The molecule has 1 aromatic carbocycles. The van der Waals surface area contributed by atoms with Crippen LogP contribution in [0.4, 0.5) is 10.2 Å². The minimum atomic E-state index is -0.756. The van der Waals surface area contributed by atoms with E-state index in [1.807, 2.05) is 26.0 Å². The monoisotopic (exact) mass is 506 g/mol. The van der Waals surface area contributed by atoms with Crippen LogP contribution in [-0.2, 0) is 6.42 Å². The molecule has 1 aromatic heterocycles. The topological polar surface area (TPSA) is 109 Å². The summed E-state index contributed by atoms with van der Waals surface area (Å²) in [5, 5.41) is 20.4. The molecule has 6 N–H and O–H groups in total. The number of benzene rings is 1. The van der Waals surface area contributed by atoms with Gasteiger partial charge >= 0.3 is 0 Å². The van der Waals surface area contributed by atoms with Crippen LogP contribution in [0.5, 0.6) is 11.5 Å². The van der Waals surface area contributed by atoms with Crippen molar-refractivity contribution in [3.63, 3.8) is 0 Å². The van der Waals surface area contributed by atoms with Gasteiger partial charge in [-0.1, -0.05) is 51.7 Å². The number of aromatic nitrogens is 1. The molecule has 0 radical (unpaired) electrons. The van der Waals surface area contributed by atoms with Crippen molar-refractivity contribution in [3.05, 3.63) is 89.1 Å². The van der Waals surface area contributed by atoms with Crippen molar-refractivity contribution in [2.45, 2.75) is 52.5 Å². The Kier molecular flexibility index (Phi) is 9.16. The molecular weight excluding hydrogens is 467 g/mol. The summed E-state index contributed by atoms with van der Waals surface area (Å²) in [6.07, 6.45) is 11.3. The molecule has 2 unspecified atom stereocenters. The number of allylic oxidation sites excluding steroid dienone is 6. The van der Waals surface area contributed by atoms with Crippen molar-refractivity contribution in [2.75, 3.05) is 18.8 Å². The highest BCUT2D eigenvalue weighted by molar-refractivity contribution is 5.75. The number of hydrogen-bond acceptors (Lipinski definition) is 6. The minimum Gasteiger partial charge on any atom is -0.508 e. The number of rotatable bonds is 10. The second-order valence-electron chi connectivity index (χ2n) is 9.91. The van der Waals surface area contributed by atoms with Gasteiger partial charge in [-0.05, 0) is 66.5 Å². The zero-order chi connectivity index (χ0) is 27.3. The average Bonchev–Trinajstić information content (AvgIpc) is 2.85. The largest absolute Gasteiger partial charge is 0.508 e. The summed E-state index contributed by atoms with van der Waals surface area (Å²) in [5.41, 5.74) is 17.4. The highest BCUT2D eigenvalue weighted by atomic mass is 19.1. The highest BCUT2D eigenvalue weighted by Gasteiger charge is 2.26. The molecule has 0 aliphatic carbocycles. The van der Waals surface area contributed by atoms with Crippen molar-refractivity contribution in [1.29, 1.82) is 0 Å². The number of nitrogen functional groups attached to an aromatic ring is 1. The first-order valence-corrected chi connectivity index (χ1v) is 12.7. The summed E-state index contributed by atoms with van der Waals surface area (Å²) >= 11 is 0. The second-order valence-corrected chi connectivity index (χ2v) is 9.91. The Labute approximate surface area is 219 Å². The fourth-order valence-corrected chi connectivity index (χ4v) is 4.69. The number of pyridine rings is 1. The first-order valence-electron chi connectivity index (χ1n) is 12.7. The number of nitrogens with zero attached hydrogens (tertiary/aromatic N) is 2. The number of nitrogens with two attached hydrogens (primary N) is 2. The maximum Gasteiger partial charge on any atom is 0.165 e. The van der Waals surface area contributed by atoms with E-state index in [4.69, 9.17) is 11.5 Å². The number of hydrogen-bond donors (Lipinski definition) is 4. The molecule has 1 aliphatic rings. The molecule has 198 valence electrons. The van der Waals surface area contributed by atoms with Gasteiger partial charge in [0.2, 0.25) is 0 Å². The first kappa shape index (κ1) is 28.0. The van der Waals surface area contributed by atoms with E-state index in [2.05, 4.69) is 42.5 Å². The molecule has 0 bridgehead atoms.